The zero-order chi connectivity index (χ0) is 15.3. The maximum Gasteiger partial charge on any atom is 0.258 e. The molecular weight excluding hydrogens is 374 g/mol. The number of unbranched alkanes of at least 4 members (excludes halogenated alkanes) is 1. The van der Waals surface area contributed by atoms with Gasteiger partial charge in [0.05, 0.1) is 0 Å². The van der Waals surface area contributed by atoms with Gasteiger partial charge in [0, 0.05) is 22.0 Å². The Morgan fingerprint density at radius 3 is 2.62 bits per heavy atom. The van der Waals surface area contributed by atoms with Crippen molar-refractivity contribution in [2.45, 2.75) is 17.9 Å². The smallest absolute Gasteiger partial charge is 0.258 e. The summed E-state index contributed by atoms with van der Waals surface area (Å²) in [7, 11) is -3.54. The topological polar surface area (TPSA) is 85.1 Å². The highest BCUT2D eigenvalue weighted by molar-refractivity contribution is 9.10. The molecule has 0 atom stereocenters. The maximum atomic E-state index is 12.1. The second-order valence-corrected chi connectivity index (χ2v) is 7.88. The van der Waals surface area contributed by atoms with Gasteiger partial charge in [0.1, 0.15) is 5.01 Å². The van der Waals surface area contributed by atoms with Crippen molar-refractivity contribution >= 4 is 37.3 Å². The molecule has 1 aromatic carbocycles. The standard InChI is InChI=1S/C13H16BrN3O2S2/c14-11-5-3-10(4-6-11)13-17-12(9-20-13)21(18,19)16-8-2-1-7-15/h3-6,9,16H,1-2,7-8,15H2. The molecule has 2 aromatic rings. The molecule has 0 spiro atoms. The molecule has 2 rings (SSSR count). The lowest BCUT2D eigenvalue weighted by molar-refractivity contribution is 0.574. The molecule has 0 aliphatic heterocycles. The van der Waals surface area contributed by atoms with Crippen LogP contribution in [-0.4, -0.2) is 26.5 Å². The lowest BCUT2D eigenvalue weighted by Crippen LogP contribution is -2.25. The zero-order valence-corrected chi connectivity index (χ0v) is 14.5. The van der Waals surface area contributed by atoms with E-state index in [4.69, 9.17) is 5.73 Å². The average molecular weight is 390 g/mol. The Balaban J connectivity index is 2.10. The molecule has 0 amide bonds. The van der Waals surface area contributed by atoms with Crippen LogP contribution in [0.2, 0.25) is 0 Å². The lowest BCUT2D eigenvalue weighted by atomic mass is 10.2. The molecule has 3 N–H and O–H groups in total. The van der Waals surface area contributed by atoms with Gasteiger partial charge in [-0.3, -0.25) is 0 Å². The summed E-state index contributed by atoms with van der Waals surface area (Å²) >= 11 is 4.68. The van der Waals surface area contributed by atoms with Crippen molar-refractivity contribution < 1.29 is 8.42 Å². The highest BCUT2D eigenvalue weighted by atomic mass is 79.9. The van der Waals surface area contributed by atoms with Crippen molar-refractivity contribution in [2.75, 3.05) is 13.1 Å². The van der Waals surface area contributed by atoms with Crippen molar-refractivity contribution in [1.82, 2.24) is 9.71 Å². The second kappa shape index (κ2) is 7.46. The first-order chi connectivity index (χ1) is 10.0. The minimum absolute atomic E-state index is 0.0677. The molecule has 0 saturated carbocycles. The van der Waals surface area contributed by atoms with Crippen molar-refractivity contribution in [2.24, 2.45) is 5.73 Å². The van der Waals surface area contributed by atoms with E-state index in [1.807, 2.05) is 24.3 Å². The van der Waals surface area contributed by atoms with Crippen LogP contribution < -0.4 is 10.5 Å². The van der Waals surface area contributed by atoms with Crippen molar-refractivity contribution in [3.05, 3.63) is 34.1 Å². The van der Waals surface area contributed by atoms with Crippen molar-refractivity contribution in [1.29, 1.82) is 0 Å². The van der Waals surface area contributed by atoms with E-state index in [1.54, 1.807) is 5.38 Å². The van der Waals surface area contributed by atoms with Crippen molar-refractivity contribution in [3.8, 4) is 10.6 Å². The van der Waals surface area contributed by atoms with Gasteiger partial charge in [0.25, 0.3) is 10.0 Å². The van der Waals surface area contributed by atoms with Crippen molar-refractivity contribution in [3.63, 3.8) is 0 Å². The number of hydrogen-bond donors (Lipinski definition) is 2. The lowest BCUT2D eigenvalue weighted by Gasteiger charge is -2.03. The number of nitrogens with two attached hydrogens (primary N) is 1. The Kier molecular flexibility index (Phi) is 5.88. The molecule has 1 heterocycles. The van der Waals surface area contributed by atoms with Gasteiger partial charge in [-0.2, -0.15) is 0 Å². The number of benzene rings is 1. The third-order valence-corrected chi connectivity index (χ3v) is 5.69. The summed E-state index contributed by atoms with van der Waals surface area (Å²) in [6, 6.07) is 7.59. The Morgan fingerprint density at radius 1 is 1.24 bits per heavy atom. The third-order valence-electron chi connectivity index (χ3n) is 2.77. The summed E-state index contributed by atoms with van der Waals surface area (Å²) in [6.07, 6.45) is 1.52. The molecule has 0 saturated heterocycles. The quantitative estimate of drug-likeness (QED) is 0.712. The van der Waals surface area contributed by atoms with Crippen LogP contribution >= 0.6 is 27.3 Å². The number of hydrogen-bond acceptors (Lipinski definition) is 5. The first-order valence-electron chi connectivity index (χ1n) is 6.44. The van der Waals surface area contributed by atoms with Gasteiger partial charge < -0.3 is 5.73 Å². The third kappa shape index (κ3) is 4.58. The fourth-order valence-electron chi connectivity index (χ4n) is 1.66. The van der Waals surface area contributed by atoms with E-state index < -0.39 is 10.0 Å². The Hall–Kier alpha value is -0.800. The summed E-state index contributed by atoms with van der Waals surface area (Å²) in [6.45, 7) is 0.941. The summed E-state index contributed by atoms with van der Waals surface area (Å²) in [5.74, 6) is 0. The van der Waals surface area contributed by atoms with E-state index in [0.717, 1.165) is 22.9 Å². The molecule has 8 heteroatoms. The molecule has 0 aliphatic carbocycles. The summed E-state index contributed by atoms with van der Waals surface area (Å²) in [5, 5.41) is 2.31. The molecule has 0 unspecified atom stereocenters. The molecule has 1 aromatic heterocycles. The van der Waals surface area contributed by atoms with Crippen LogP contribution in [0.25, 0.3) is 10.6 Å². The van der Waals surface area contributed by atoms with Crippen LogP contribution in [0.4, 0.5) is 0 Å². The van der Waals surface area contributed by atoms with E-state index in [1.165, 1.54) is 11.3 Å². The van der Waals surface area contributed by atoms with Gasteiger partial charge in [-0.05, 0) is 31.5 Å². The maximum absolute atomic E-state index is 12.1. The molecule has 0 bridgehead atoms. The van der Waals surface area contributed by atoms with Crippen LogP contribution in [0, 0.1) is 0 Å². The number of sulfonamides is 1. The van der Waals surface area contributed by atoms with Gasteiger partial charge in [0.15, 0.2) is 5.03 Å². The molecule has 0 fully saturated rings. The van der Waals surface area contributed by atoms with Gasteiger partial charge >= 0.3 is 0 Å². The first-order valence-corrected chi connectivity index (χ1v) is 9.60. The number of nitrogens with one attached hydrogen (secondary N) is 1. The van der Waals surface area contributed by atoms with E-state index in [-0.39, 0.29) is 5.03 Å². The predicted octanol–water partition coefficient (Wildman–Crippen LogP) is 2.59. The first kappa shape index (κ1) is 16.6. The average Bonchev–Trinajstić information content (AvgIpc) is 2.95. The summed E-state index contributed by atoms with van der Waals surface area (Å²) in [5.41, 5.74) is 6.27. The van der Waals surface area contributed by atoms with Crippen LogP contribution in [0.15, 0.2) is 39.1 Å². The fourth-order valence-corrected chi connectivity index (χ4v) is 4.09. The van der Waals surface area contributed by atoms with E-state index >= 15 is 0 Å². The fraction of sp³-hybridized carbons (Fsp3) is 0.308. The normalized spacial score (nSPS) is 11.7. The molecule has 114 valence electrons. The van der Waals surface area contributed by atoms with Crippen LogP contribution in [0.1, 0.15) is 12.8 Å². The van der Waals surface area contributed by atoms with Crippen LogP contribution in [0.5, 0.6) is 0 Å². The predicted molar refractivity (Wildman–Crippen MR) is 88.7 cm³/mol. The van der Waals surface area contributed by atoms with Crippen LogP contribution in [0.3, 0.4) is 0 Å². The summed E-state index contributed by atoms with van der Waals surface area (Å²) < 4.78 is 27.7. The molecular formula is C13H16BrN3O2S2. The highest BCUT2D eigenvalue weighted by Gasteiger charge is 2.18. The SMILES string of the molecule is NCCCCNS(=O)(=O)c1csc(-c2ccc(Br)cc2)n1. The van der Waals surface area contributed by atoms with Gasteiger partial charge in [-0.25, -0.2) is 18.1 Å². The van der Waals surface area contributed by atoms with Crippen LogP contribution in [-0.2, 0) is 10.0 Å². The van der Waals surface area contributed by atoms with Gasteiger partial charge in [-0.1, -0.05) is 28.1 Å². The number of thiazole rings is 1. The molecule has 5 nitrogen and oxygen atoms in total. The van der Waals surface area contributed by atoms with Gasteiger partial charge in [-0.15, -0.1) is 11.3 Å². The monoisotopic (exact) mass is 389 g/mol. The Morgan fingerprint density at radius 2 is 1.95 bits per heavy atom. The van der Waals surface area contributed by atoms with E-state index in [2.05, 4.69) is 25.6 Å². The highest BCUT2D eigenvalue weighted by Crippen LogP contribution is 2.26. The largest absolute Gasteiger partial charge is 0.330 e. The number of aromatic nitrogens is 1. The van der Waals surface area contributed by atoms with Gasteiger partial charge in [0.2, 0.25) is 0 Å². The minimum Gasteiger partial charge on any atom is -0.330 e. The number of halogens is 1. The van der Waals surface area contributed by atoms with E-state index in [0.29, 0.717) is 18.1 Å². The molecule has 0 radical (unpaired) electrons. The van der Waals surface area contributed by atoms with E-state index in [9.17, 15) is 8.42 Å². The Labute approximate surface area is 136 Å². The minimum atomic E-state index is -3.54. The second-order valence-electron chi connectivity index (χ2n) is 4.39. The zero-order valence-electron chi connectivity index (χ0n) is 11.3. The summed E-state index contributed by atoms with van der Waals surface area (Å²) in [4.78, 5) is 4.21. The molecule has 21 heavy (non-hydrogen) atoms. The number of rotatable bonds is 7. The Bertz CT molecular complexity index is 684. The molecule has 0 aliphatic rings. The number of nitrogens with zero attached hydrogens (tertiary/aromatic N) is 1.